The summed E-state index contributed by atoms with van der Waals surface area (Å²) in [6.07, 6.45) is 8.43. The van der Waals surface area contributed by atoms with Crippen molar-refractivity contribution in [2.75, 3.05) is 0 Å². The Bertz CT molecular complexity index is 394. The van der Waals surface area contributed by atoms with E-state index in [0.29, 0.717) is 17.5 Å². The molecule has 1 nitrogen and oxygen atoms in total. The van der Waals surface area contributed by atoms with Crippen LogP contribution in [0.25, 0.3) is 0 Å². The zero-order chi connectivity index (χ0) is 14.3. The van der Waals surface area contributed by atoms with Crippen LogP contribution in [0.1, 0.15) is 58.6 Å². The van der Waals surface area contributed by atoms with Gasteiger partial charge in [0.15, 0.2) is 0 Å². The molecular formula is C18H27N. The van der Waals surface area contributed by atoms with E-state index in [0.717, 1.165) is 19.3 Å². The number of hydrogen-bond donors (Lipinski definition) is 1. The second-order valence-electron chi connectivity index (χ2n) is 6.41. The molecule has 0 aliphatic rings. The van der Waals surface area contributed by atoms with E-state index in [1.54, 1.807) is 0 Å². The molecule has 0 amide bonds. The van der Waals surface area contributed by atoms with E-state index >= 15 is 0 Å². The van der Waals surface area contributed by atoms with Crippen molar-refractivity contribution in [1.29, 1.82) is 0 Å². The predicted octanol–water partition coefficient (Wildman–Crippen LogP) is 4.56. The van der Waals surface area contributed by atoms with E-state index in [4.69, 9.17) is 6.42 Å². The molecule has 1 aromatic rings. The van der Waals surface area contributed by atoms with Crippen LogP contribution >= 0.6 is 0 Å². The summed E-state index contributed by atoms with van der Waals surface area (Å²) < 4.78 is 0. The maximum atomic E-state index is 5.46. The second-order valence-corrected chi connectivity index (χ2v) is 6.41. The van der Waals surface area contributed by atoms with E-state index in [1.807, 2.05) is 0 Å². The molecule has 19 heavy (non-hydrogen) atoms. The van der Waals surface area contributed by atoms with Crippen molar-refractivity contribution in [1.82, 2.24) is 5.32 Å². The fraction of sp³-hybridized carbons (Fsp3) is 0.556. The molecule has 0 saturated heterocycles. The molecule has 0 saturated carbocycles. The van der Waals surface area contributed by atoms with Crippen LogP contribution in [0.4, 0.5) is 0 Å². The second kappa shape index (κ2) is 7.36. The third kappa shape index (κ3) is 5.94. The number of hydrogen-bond acceptors (Lipinski definition) is 1. The molecule has 0 spiro atoms. The molecule has 0 aliphatic carbocycles. The molecule has 2 atom stereocenters. The van der Waals surface area contributed by atoms with E-state index in [-0.39, 0.29) is 0 Å². The van der Waals surface area contributed by atoms with Gasteiger partial charge in [0, 0.05) is 18.5 Å². The number of terminal acetylenes is 1. The molecule has 104 valence electrons. The fourth-order valence-corrected chi connectivity index (χ4v) is 2.32. The van der Waals surface area contributed by atoms with E-state index in [9.17, 15) is 0 Å². The van der Waals surface area contributed by atoms with Crippen LogP contribution in [0.15, 0.2) is 30.3 Å². The summed E-state index contributed by atoms with van der Waals surface area (Å²) in [5.41, 5.74) is 1.65. The Morgan fingerprint density at radius 2 is 1.84 bits per heavy atom. The molecule has 1 N–H and O–H groups in total. The molecule has 0 fully saturated rings. The molecule has 0 radical (unpaired) electrons. The van der Waals surface area contributed by atoms with Crippen molar-refractivity contribution in [2.45, 2.75) is 59.0 Å². The minimum Gasteiger partial charge on any atom is -0.306 e. The first-order valence-electron chi connectivity index (χ1n) is 7.20. The number of nitrogens with one attached hydrogen (secondary N) is 1. The van der Waals surface area contributed by atoms with Gasteiger partial charge in [-0.15, -0.1) is 12.3 Å². The van der Waals surface area contributed by atoms with E-state index in [2.05, 4.69) is 69.3 Å². The van der Waals surface area contributed by atoms with E-state index in [1.165, 1.54) is 5.56 Å². The summed E-state index contributed by atoms with van der Waals surface area (Å²) >= 11 is 0. The van der Waals surface area contributed by atoms with Crippen molar-refractivity contribution in [2.24, 2.45) is 5.41 Å². The summed E-state index contributed by atoms with van der Waals surface area (Å²) in [4.78, 5) is 0. The van der Waals surface area contributed by atoms with Crippen LogP contribution in [0, 0.1) is 17.8 Å². The molecule has 1 aromatic carbocycles. The Hall–Kier alpha value is -1.26. The highest BCUT2D eigenvalue weighted by molar-refractivity contribution is 5.19. The zero-order valence-corrected chi connectivity index (χ0v) is 12.7. The lowest BCUT2D eigenvalue weighted by Crippen LogP contribution is -2.34. The monoisotopic (exact) mass is 257 g/mol. The van der Waals surface area contributed by atoms with Gasteiger partial charge >= 0.3 is 0 Å². The predicted molar refractivity (Wildman–Crippen MR) is 83.9 cm³/mol. The average Bonchev–Trinajstić information content (AvgIpc) is 2.36. The molecule has 0 heterocycles. The van der Waals surface area contributed by atoms with Crippen LogP contribution < -0.4 is 5.32 Å². The van der Waals surface area contributed by atoms with Crippen molar-refractivity contribution in [3.8, 4) is 12.3 Å². The summed E-state index contributed by atoms with van der Waals surface area (Å²) in [7, 11) is 0. The summed E-state index contributed by atoms with van der Waals surface area (Å²) in [6.45, 7) is 9.04. The van der Waals surface area contributed by atoms with E-state index < -0.39 is 0 Å². The van der Waals surface area contributed by atoms with Gasteiger partial charge in [-0.25, -0.2) is 0 Å². The largest absolute Gasteiger partial charge is 0.306 e. The van der Waals surface area contributed by atoms with Gasteiger partial charge in [0.25, 0.3) is 0 Å². The molecule has 0 bridgehead atoms. The summed E-state index contributed by atoms with van der Waals surface area (Å²) in [5, 5.41) is 3.74. The van der Waals surface area contributed by atoms with Crippen molar-refractivity contribution < 1.29 is 0 Å². The first-order chi connectivity index (χ1) is 8.96. The minimum absolute atomic E-state index is 0.294. The molecule has 0 aromatic heterocycles. The average molecular weight is 257 g/mol. The van der Waals surface area contributed by atoms with Gasteiger partial charge in [0.1, 0.15) is 0 Å². The van der Waals surface area contributed by atoms with Gasteiger partial charge < -0.3 is 5.32 Å². The summed E-state index contributed by atoms with van der Waals surface area (Å²) in [6, 6.07) is 11.5. The number of rotatable bonds is 6. The van der Waals surface area contributed by atoms with Crippen LogP contribution in [-0.4, -0.2) is 6.04 Å². The topological polar surface area (TPSA) is 12.0 Å². The normalized spacial score (nSPS) is 14.7. The fourth-order valence-electron chi connectivity index (χ4n) is 2.32. The third-order valence-electron chi connectivity index (χ3n) is 3.31. The zero-order valence-electron chi connectivity index (χ0n) is 12.7. The SMILES string of the molecule is C#CCC(CC)NC(CC(C)(C)C)c1ccccc1. The third-order valence-corrected chi connectivity index (χ3v) is 3.31. The van der Waals surface area contributed by atoms with Crippen LogP contribution in [0.3, 0.4) is 0 Å². The Balaban J connectivity index is 2.84. The highest BCUT2D eigenvalue weighted by Gasteiger charge is 2.21. The lowest BCUT2D eigenvalue weighted by Gasteiger charge is -2.30. The molecule has 0 aliphatic heterocycles. The van der Waals surface area contributed by atoms with Gasteiger partial charge in [-0.3, -0.25) is 0 Å². The van der Waals surface area contributed by atoms with Crippen molar-refractivity contribution in [3.63, 3.8) is 0 Å². The van der Waals surface area contributed by atoms with Crippen molar-refractivity contribution in [3.05, 3.63) is 35.9 Å². The standard InChI is InChI=1S/C18H27N/c1-6-11-16(7-2)19-17(14-18(3,4)5)15-12-9-8-10-13-15/h1,8-10,12-13,16-17,19H,7,11,14H2,2-5H3. The Morgan fingerprint density at radius 3 is 2.32 bits per heavy atom. The van der Waals surface area contributed by atoms with Gasteiger partial charge in [0.2, 0.25) is 0 Å². The highest BCUT2D eigenvalue weighted by atomic mass is 14.9. The Morgan fingerprint density at radius 1 is 1.21 bits per heavy atom. The highest BCUT2D eigenvalue weighted by Crippen LogP contribution is 2.30. The van der Waals surface area contributed by atoms with Crippen molar-refractivity contribution >= 4 is 0 Å². The maximum absolute atomic E-state index is 5.46. The van der Waals surface area contributed by atoms with Gasteiger partial charge in [-0.1, -0.05) is 58.0 Å². The van der Waals surface area contributed by atoms with Gasteiger partial charge in [-0.05, 0) is 23.8 Å². The first kappa shape index (κ1) is 15.8. The van der Waals surface area contributed by atoms with Crippen LogP contribution in [-0.2, 0) is 0 Å². The molecular weight excluding hydrogens is 230 g/mol. The van der Waals surface area contributed by atoms with Crippen LogP contribution in [0.2, 0.25) is 0 Å². The quantitative estimate of drug-likeness (QED) is 0.737. The Labute approximate surface area is 118 Å². The lowest BCUT2D eigenvalue weighted by molar-refractivity contribution is 0.291. The molecule has 2 unspecified atom stereocenters. The maximum Gasteiger partial charge on any atom is 0.0328 e. The molecule has 1 heteroatoms. The smallest absolute Gasteiger partial charge is 0.0328 e. The van der Waals surface area contributed by atoms with Crippen LogP contribution in [0.5, 0.6) is 0 Å². The lowest BCUT2D eigenvalue weighted by atomic mass is 9.85. The van der Waals surface area contributed by atoms with Gasteiger partial charge in [0.05, 0.1) is 0 Å². The first-order valence-corrected chi connectivity index (χ1v) is 7.20. The molecule has 1 rings (SSSR count). The van der Waals surface area contributed by atoms with Gasteiger partial charge in [-0.2, -0.15) is 0 Å². The minimum atomic E-state index is 0.294. The number of benzene rings is 1. The Kier molecular flexibility index (Phi) is 6.12. The summed E-state index contributed by atoms with van der Waals surface area (Å²) in [5.74, 6) is 2.78.